The molecule has 0 saturated carbocycles. The first kappa shape index (κ1) is 22.9. The van der Waals surface area contributed by atoms with E-state index in [1.54, 1.807) is 66.7 Å². The summed E-state index contributed by atoms with van der Waals surface area (Å²) < 4.78 is 21.8. The molecule has 4 rings (SSSR count). The molecule has 9 nitrogen and oxygen atoms in total. The number of rotatable bonds is 10. The van der Waals surface area contributed by atoms with Crippen molar-refractivity contribution in [2.75, 3.05) is 19.9 Å². The molecule has 4 N–H and O–H groups in total. The third kappa shape index (κ3) is 5.76. The highest BCUT2D eigenvalue weighted by atomic mass is 16.7. The zero-order valence-electron chi connectivity index (χ0n) is 18.2. The van der Waals surface area contributed by atoms with Crippen LogP contribution < -0.4 is 30.0 Å². The van der Waals surface area contributed by atoms with Crippen LogP contribution in [-0.4, -0.2) is 43.0 Å². The molecule has 34 heavy (non-hydrogen) atoms. The van der Waals surface area contributed by atoms with Gasteiger partial charge < -0.3 is 35.1 Å². The molecule has 0 radical (unpaired) electrons. The third-order valence-corrected chi connectivity index (χ3v) is 5.02. The minimum atomic E-state index is -0.911. The average molecular weight is 464 g/mol. The molecule has 176 valence electrons. The van der Waals surface area contributed by atoms with Gasteiger partial charge in [0, 0.05) is 18.2 Å². The van der Waals surface area contributed by atoms with Crippen molar-refractivity contribution in [3.05, 3.63) is 83.4 Å². The maximum Gasteiger partial charge on any atom is 0.252 e. The summed E-state index contributed by atoms with van der Waals surface area (Å²) in [5.74, 6) is 1.20. The van der Waals surface area contributed by atoms with E-state index in [1.165, 1.54) is 0 Å². The van der Waals surface area contributed by atoms with Gasteiger partial charge in [-0.1, -0.05) is 24.3 Å². The van der Waals surface area contributed by atoms with Gasteiger partial charge in [0.1, 0.15) is 30.8 Å². The monoisotopic (exact) mass is 464 g/mol. The number of primary amides is 1. The van der Waals surface area contributed by atoms with Gasteiger partial charge in [0.15, 0.2) is 11.5 Å². The van der Waals surface area contributed by atoms with Crippen molar-refractivity contribution in [1.82, 2.24) is 5.32 Å². The number of aliphatic hydroxyl groups is 1. The van der Waals surface area contributed by atoms with Crippen molar-refractivity contribution >= 4 is 11.8 Å². The number of hydrogen-bond donors (Lipinski definition) is 3. The van der Waals surface area contributed by atoms with Crippen molar-refractivity contribution in [1.29, 1.82) is 0 Å². The lowest BCUT2D eigenvalue weighted by Gasteiger charge is -2.14. The molecule has 0 aliphatic carbocycles. The lowest BCUT2D eigenvalue weighted by molar-refractivity contribution is 0.0843. The van der Waals surface area contributed by atoms with E-state index >= 15 is 0 Å². The maximum atomic E-state index is 12.5. The topological polar surface area (TPSA) is 129 Å². The Balaban J connectivity index is 1.26. The Bertz CT molecular complexity index is 1180. The molecular formula is C25H24N2O7. The molecule has 1 unspecified atom stereocenters. The Morgan fingerprint density at radius 1 is 1.00 bits per heavy atom. The van der Waals surface area contributed by atoms with E-state index in [1.807, 2.05) is 0 Å². The second kappa shape index (κ2) is 10.6. The average Bonchev–Trinajstić information content (AvgIpc) is 3.33. The minimum Gasteiger partial charge on any atom is -0.491 e. The number of benzene rings is 3. The first-order valence-electron chi connectivity index (χ1n) is 10.6. The van der Waals surface area contributed by atoms with Crippen molar-refractivity contribution in [2.45, 2.75) is 12.7 Å². The van der Waals surface area contributed by atoms with Crippen LogP contribution in [0.3, 0.4) is 0 Å². The quantitative estimate of drug-likeness (QED) is 0.420. The Kier molecular flexibility index (Phi) is 7.14. The van der Waals surface area contributed by atoms with Gasteiger partial charge in [-0.3, -0.25) is 9.59 Å². The van der Waals surface area contributed by atoms with Crippen LogP contribution in [0.4, 0.5) is 0 Å². The van der Waals surface area contributed by atoms with Gasteiger partial charge in [-0.15, -0.1) is 0 Å². The van der Waals surface area contributed by atoms with E-state index in [4.69, 9.17) is 24.7 Å². The second-order valence-electron chi connectivity index (χ2n) is 7.54. The smallest absolute Gasteiger partial charge is 0.252 e. The summed E-state index contributed by atoms with van der Waals surface area (Å²) in [7, 11) is 0. The lowest BCUT2D eigenvalue weighted by Crippen LogP contribution is -2.35. The summed E-state index contributed by atoms with van der Waals surface area (Å²) in [5.41, 5.74) is 6.80. The van der Waals surface area contributed by atoms with Crippen molar-refractivity contribution in [3.8, 4) is 23.0 Å². The van der Waals surface area contributed by atoms with Gasteiger partial charge in [-0.05, 0) is 42.0 Å². The Morgan fingerprint density at radius 3 is 2.68 bits per heavy atom. The minimum absolute atomic E-state index is 0.00687. The SMILES string of the molecule is NC(=O)c1ccccc1OCc1cccc(C(=O)NCC(O)COc2ccc3c(c2)OCO3)c1. The van der Waals surface area contributed by atoms with E-state index in [-0.39, 0.29) is 38.0 Å². The number of amides is 2. The van der Waals surface area contributed by atoms with Crippen LogP contribution in [0, 0.1) is 0 Å². The Hall–Kier alpha value is -4.24. The maximum absolute atomic E-state index is 12.5. The molecule has 3 aromatic carbocycles. The lowest BCUT2D eigenvalue weighted by atomic mass is 10.1. The number of aliphatic hydroxyl groups excluding tert-OH is 1. The van der Waals surface area contributed by atoms with Crippen molar-refractivity contribution < 1.29 is 33.6 Å². The van der Waals surface area contributed by atoms with E-state index < -0.39 is 12.0 Å². The molecule has 0 aromatic heterocycles. The highest BCUT2D eigenvalue weighted by Gasteiger charge is 2.15. The molecule has 2 amide bonds. The van der Waals surface area contributed by atoms with Crippen LogP contribution >= 0.6 is 0 Å². The molecule has 3 aromatic rings. The number of ether oxygens (including phenoxy) is 4. The zero-order chi connectivity index (χ0) is 23.9. The molecular weight excluding hydrogens is 440 g/mol. The predicted octanol–water partition coefficient (Wildman–Crippen LogP) is 2.26. The van der Waals surface area contributed by atoms with E-state index in [0.29, 0.717) is 28.6 Å². The highest BCUT2D eigenvalue weighted by molar-refractivity contribution is 5.95. The summed E-state index contributed by atoms with van der Waals surface area (Å²) in [6.45, 7) is 0.321. The Morgan fingerprint density at radius 2 is 1.82 bits per heavy atom. The summed E-state index contributed by atoms with van der Waals surface area (Å²) in [4.78, 5) is 24.1. The number of nitrogens with two attached hydrogens (primary N) is 1. The van der Waals surface area contributed by atoms with Crippen LogP contribution in [0.1, 0.15) is 26.3 Å². The number of para-hydroxylation sites is 1. The molecule has 0 bridgehead atoms. The predicted molar refractivity (Wildman–Crippen MR) is 122 cm³/mol. The fraction of sp³-hybridized carbons (Fsp3) is 0.200. The summed E-state index contributed by atoms with van der Waals surface area (Å²) in [6, 6.07) is 18.7. The Labute approximate surface area is 196 Å². The largest absolute Gasteiger partial charge is 0.491 e. The van der Waals surface area contributed by atoms with Gasteiger partial charge in [-0.25, -0.2) is 0 Å². The van der Waals surface area contributed by atoms with Gasteiger partial charge in [0.25, 0.3) is 11.8 Å². The van der Waals surface area contributed by atoms with E-state index in [0.717, 1.165) is 5.56 Å². The molecule has 0 saturated heterocycles. The fourth-order valence-corrected chi connectivity index (χ4v) is 3.29. The summed E-state index contributed by atoms with van der Waals surface area (Å²) >= 11 is 0. The molecule has 1 aliphatic rings. The van der Waals surface area contributed by atoms with Crippen molar-refractivity contribution in [3.63, 3.8) is 0 Å². The number of carbonyl (C=O) groups excluding carboxylic acids is 2. The van der Waals surface area contributed by atoms with E-state index in [9.17, 15) is 14.7 Å². The number of carbonyl (C=O) groups is 2. The third-order valence-electron chi connectivity index (χ3n) is 5.02. The number of hydrogen-bond acceptors (Lipinski definition) is 7. The molecule has 1 heterocycles. The van der Waals surface area contributed by atoms with Crippen LogP contribution in [0.15, 0.2) is 66.7 Å². The van der Waals surface area contributed by atoms with Crippen LogP contribution in [0.5, 0.6) is 23.0 Å². The highest BCUT2D eigenvalue weighted by Crippen LogP contribution is 2.35. The molecule has 0 fully saturated rings. The van der Waals surface area contributed by atoms with Crippen LogP contribution in [-0.2, 0) is 6.61 Å². The molecule has 1 aliphatic heterocycles. The number of nitrogens with one attached hydrogen (secondary N) is 1. The molecule has 0 spiro atoms. The fourth-order valence-electron chi connectivity index (χ4n) is 3.29. The normalized spacial score (nSPS) is 12.6. The van der Waals surface area contributed by atoms with Crippen molar-refractivity contribution in [2.24, 2.45) is 5.73 Å². The van der Waals surface area contributed by atoms with E-state index in [2.05, 4.69) is 5.32 Å². The van der Waals surface area contributed by atoms with Crippen LogP contribution in [0.2, 0.25) is 0 Å². The van der Waals surface area contributed by atoms with Gasteiger partial charge in [0.05, 0.1) is 5.56 Å². The first-order chi connectivity index (χ1) is 16.5. The second-order valence-corrected chi connectivity index (χ2v) is 7.54. The van der Waals surface area contributed by atoms with Crippen LogP contribution in [0.25, 0.3) is 0 Å². The molecule has 9 heteroatoms. The van der Waals surface area contributed by atoms with Gasteiger partial charge in [0.2, 0.25) is 6.79 Å². The van der Waals surface area contributed by atoms with Gasteiger partial charge >= 0.3 is 0 Å². The summed E-state index contributed by atoms with van der Waals surface area (Å²) in [5, 5.41) is 12.9. The molecule has 1 atom stereocenters. The summed E-state index contributed by atoms with van der Waals surface area (Å²) in [6.07, 6.45) is -0.911. The number of fused-ring (bicyclic) bond motifs is 1. The standard InChI is InChI=1S/C25H24N2O7/c26-24(29)20-6-1-2-7-21(20)32-13-16-4-3-5-17(10-16)25(30)27-12-18(28)14-31-19-8-9-22-23(11-19)34-15-33-22/h1-11,18,28H,12-15H2,(H2,26,29)(H,27,30). The zero-order valence-corrected chi connectivity index (χ0v) is 18.2. The van der Waals surface area contributed by atoms with Gasteiger partial charge in [-0.2, -0.15) is 0 Å². The first-order valence-corrected chi connectivity index (χ1v) is 10.6.